The SMILES string of the molecule is CCCNc1cc(C)ncc1C(=O)NCC(C)CC. The summed E-state index contributed by atoms with van der Waals surface area (Å²) < 4.78 is 0. The molecule has 0 bridgehead atoms. The fourth-order valence-electron chi connectivity index (χ4n) is 1.65. The number of hydrogen-bond acceptors (Lipinski definition) is 3. The highest BCUT2D eigenvalue weighted by molar-refractivity contribution is 5.99. The van der Waals surface area contributed by atoms with Gasteiger partial charge in [-0.25, -0.2) is 0 Å². The van der Waals surface area contributed by atoms with Crippen molar-refractivity contribution in [1.82, 2.24) is 10.3 Å². The molecule has 0 aromatic carbocycles. The van der Waals surface area contributed by atoms with Gasteiger partial charge in [0.05, 0.1) is 11.3 Å². The molecule has 4 heteroatoms. The Morgan fingerprint density at radius 3 is 2.79 bits per heavy atom. The number of nitrogens with zero attached hydrogens (tertiary/aromatic N) is 1. The summed E-state index contributed by atoms with van der Waals surface area (Å²) in [4.78, 5) is 16.4. The Morgan fingerprint density at radius 1 is 1.42 bits per heavy atom. The van der Waals surface area contributed by atoms with Crippen LogP contribution in [0.2, 0.25) is 0 Å². The summed E-state index contributed by atoms with van der Waals surface area (Å²) in [5.74, 6) is 0.445. The molecule has 0 aliphatic rings. The summed E-state index contributed by atoms with van der Waals surface area (Å²) >= 11 is 0. The Morgan fingerprint density at radius 2 is 2.16 bits per heavy atom. The zero-order valence-electron chi connectivity index (χ0n) is 12.4. The lowest BCUT2D eigenvalue weighted by Gasteiger charge is -2.14. The normalized spacial score (nSPS) is 12.0. The molecular weight excluding hydrogens is 238 g/mol. The Labute approximate surface area is 116 Å². The third kappa shape index (κ3) is 4.89. The van der Waals surface area contributed by atoms with Gasteiger partial charge in [0.25, 0.3) is 5.91 Å². The van der Waals surface area contributed by atoms with Crippen LogP contribution < -0.4 is 10.6 Å². The van der Waals surface area contributed by atoms with Gasteiger partial charge in [-0.1, -0.05) is 27.2 Å². The number of anilines is 1. The highest BCUT2D eigenvalue weighted by Crippen LogP contribution is 2.16. The number of rotatable bonds is 7. The molecule has 0 saturated carbocycles. The van der Waals surface area contributed by atoms with Crippen LogP contribution in [0.1, 0.15) is 49.7 Å². The van der Waals surface area contributed by atoms with Crippen molar-refractivity contribution < 1.29 is 4.79 Å². The predicted octanol–water partition coefficient (Wildman–Crippen LogP) is 2.99. The molecule has 0 radical (unpaired) electrons. The smallest absolute Gasteiger partial charge is 0.254 e. The molecule has 0 fully saturated rings. The Balaban J connectivity index is 2.77. The molecular formula is C15H25N3O. The second kappa shape index (κ2) is 7.77. The van der Waals surface area contributed by atoms with Crippen LogP contribution in [0.15, 0.2) is 12.3 Å². The number of amides is 1. The Kier molecular flexibility index (Phi) is 6.33. The van der Waals surface area contributed by atoms with Crippen LogP contribution in [0.5, 0.6) is 0 Å². The van der Waals surface area contributed by atoms with Crippen molar-refractivity contribution in [3.8, 4) is 0 Å². The topological polar surface area (TPSA) is 54.0 Å². The second-order valence-corrected chi connectivity index (χ2v) is 5.02. The van der Waals surface area contributed by atoms with Crippen LogP contribution in [-0.4, -0.2) is 24.0 Å². The largest absolute Gasteiger partial charge is 0.384 e. The van der Waals surface area contributed by atoms with Gasteiger partial charge in [-0.2, -0.15) is 0 Å². The zero-order valence-corrected chi connectivity index (χ0v) is 12.4. The number of aromatic nitrogens is 1. The van der Waals surface area contributed by atoms with Crippen molar-refractivity contribution in [2.45, 2.75) is 40.5 Å². The first-order valence-corrected chi connectivity index (χ1v) is 7.07. The zero-order chi connectivity index (χ0) is 14.3. The minimum atomic E-state index is -0.0496. The summed E-state index contributed by atoms with van der Waals surface area (Å²) in [5, 5.41) is 6.25. The van der Waals surface area contributed by atoms with Crippen LogP contribution in [0.25, 0.3) is 0 Å². The van der Waals surface area contributed by atoms with Crippen LogP contribution in [0, 0.1) is 12.8 Å². The number of aryl methyl sites for hydroxylation is 1. The summed E-state index contributed by atoms with van der Waals surface area (Å²) in [6, 6.07) is 1.92. The second-order valence-electron chi connectivity index (χ2n) is 5.02. The number of pyridine rings is 1. The summed E-state index contributed by atoms with van der Waals surface area (Å²) in [5.41, 5.74) is 2.41. The molecule has 1 rings (SSSR count). The van der Waals surface area contributed by atoms with E-state index in [9.17, 15) is 4.79 Å². The first kappa shape index (κ1) is 15.5. The molecule has 1 amide bonds. The van der Waals surface area contributed by atoms with Crippen molar-refractivity contribution in [3.63, 3.8) is 0 Å². The molecule has 1 unspecified atom stereocenters. The van der Waals surface area contributed by atoms with Gasteiger partial charge in [-0.15, -0.1) is 0 Å². The van der Waals surface area contributed by atoms with E-state index >= 15 is 0 Å². The van der Waals surface area contributed by atoms with Crippen LogP contribution in [0.4, 0.5) is 5.69 Å². The maximum Gasteiger partial charge on any atom is 0.254 e. The van der Waals surface area contributed by atoms with E-state index in [1.165, 1.54) is 0 Å². The number of carbonyl (C=O) groups excluding carboxylic acids is 1. The van der Waals surface area contributed by atoms with Gasteiger partial charge in [-0.05, 0) is 25.3 Å². The van der Waals surface area contributed by atoms with E-state index in [-0.39, 0.29) is 5.91 Å². The molecule has 0 aliphatic heterocycles. The fourth-order valence-corrected chi connectivity index (χ4v) is 1.65. The molecule has 1 atom stereocenters. The third-order valence-electron chi connectivity index (χ3n) is 3.16. The number of carbonyl (C=O) groups is 1. The van der Waals surface area contributed by atoms with E-state index in [4.69, 9.17) is 0 Å². The maximum absolute atomic E-state index is 12.2. The molecule has 0 aliphatic carbocycles. The lowest BCUT2D eigenvalue weighted by molar-refractivity contribution is 0.0948. The third-order valence-corrected chi connectivity index (χ3v) is 3.16. The monoisotopic (exact) mass is 263 g/mol. The standard InChI is InChI=1S/C15H25N3O/c1-5-7-16-14-8-12(4)17-10-13(14)15(19)18-9-11(3)6-2/h8,10-11H,5-7,9H2,1-4H3,(H,16,17)(H,18,19). The van der Waals surface area contributed by atoms with Crippen molar-refractivity contribution >= 4 is 11.6 Å². The van der Waals surface area contributed by atoms with Gasteiger partial charge in [0.1, 0.15) is 0 Å². The van der Waals surface area contributed by atoms with Gasteiger partial charge >= 0.3 is 0 Å². The van der Waals surface area contributed by atoms with Gasteiger partial charge in [0.15, 0.2) is 0 Å². The van der Waals surface area contributed by atoms with E-state index < -0.39 is 0 Å². The van der Waals surface area contributed by atoms with E-state index in [2.05, 4.69) is 36.4 Å². The van der Waals surface area contributed by atoms with Crippen LogP contribution in [0.3, 0.4) is 0 Å². The minimum Gasteiger partial charge on any atom is -0.384 e. The number of nitrogens with one attached hydrogen (secondary N) is 2. The van der Waals surface area contributed by atoms with Gasteiger partial charge in [-0.3, -0.25) is 9.78 Å². The quantitative estimate of drug-likeness (QED) is 0.795. The molecule has 19 heavy (non-hydrogen) atoms. The Hall–Kier alpha value is -1.58. The molecule has 1 heterocycles. The first-order chi connectivity index (χ1) is 9.08. The molecule has 0 spiro atoms. The van der Waals surface area contributed by atoms with Crippen LogP contribution >= 0.6 is 0 Å². The van der Waals surface area contributed by atoms with Crippen molar-refractivity contribution in [3.05, 3.63) is 23.5 Å². The highest BCUT2D eigenvalue weighted by atomic mass is 16.1. The van der Waals surface area contributed by atoms with Crippen LogP contribution in [-0.2, 0) is 0 Å². The van der Waals surface area contributed by atoms with E-state index in [1.807, 2.05) is 13.0 Å². The van der Waals surface area contributed by atoms with Crippen molar-refractivity contribution in [1.29, 1.82) is 0 Å². The highest BCUT2D eigenvalue weighted by Gasteiger charge is 2.12. The first-order valence-electron chi connectivity index (χ1n) is 7.07. The summed E-state index contributed by atoms with van der Waals surface area (Å²) in [6.07, 6.45) is 3.74. The van der Waals surface area contributed by atoms with Gasteiger partial charge in [0.2, 0.25) is 0 Å². The van der Waals surface area contributed by atoms with E-state index in [1.54, 1.807) is 6.20 Å². The lowest BCUT2D eigenvalue weighted by Crippen LogP contribution is -2.29. The fraction of sp³-hybridized carbons (Fsp3) is 0.600. The minimum absolute atomic E-state index is 0.0496. The maximum atomic E-state index is 12.2. The van der Waals surface area contributed by atoms with E-state index in [0.717, 1.165) is 30.8 Å². The average molecular weight is 263 g/mol. The van der Waals surface area contributed by atoms with Gasteiger partial charge in [0, 0.05) is 25.0 Å². The molecule has 0 saturated heterocycles. The summed E-state index contributed by atoms with van der Waals surface area (Å²) in [7, 11) is 0. The van der Waals surface area contributed by atoms with Crippen molar-refractivity contribution in [2.75, 3.05) is 18.4 Å². The molecule has 1 aromatic heterocycles. The van der Waals surface area contributed by atoms with Crippen molar-refractivity contribution in [2.24, 2.45) is 5.92 Å². The van der Waals surface area contributed by atoms with Gasteiger partial charge < -0.3 is 10.6 Å². The number of hydrogen-bond donors (Lipinski definition) is 2. The predicted molar refractivity (Wildman–Crippen MR) is 79.5 cm³/mol. The Bertz CT molecular complexity index is 418. The van der Waals surface area contributed by atoms with E-state index in [0.29, 0.717) is 18.0 Å². The molecule has 1 aromatic rings. The molecule has 106 valence electrons. The molecule has 2 N–H and O–H groups in total. The summed E-state index contributed by atoms with van der Waals surface area (Å²) in [6.45, 7) is 9.84. The lowest BCUT2D eigenvalue weighted by atomic mass is 10.1. The molecule has 4 nitrogen and oxygen atoms in total. The average Bonchev–Trinajstić information content (AvgIpc) is 2.42.